The smallest absolute Gasteiger partial charge is 0.0783 e. The van der Waals surface area contributed by atoms with Crippen molar-refractivity contribution in [2.45, 2.75) is 26.8 Å². The summed E-state index contributed by atoms with van der Waals surface area (Å²) in [4.78, 5) is 0. The predicted octanol–water partition coefficient (Wildman–Crippen LogP) is 2.84. The molecule has 1 N–H and O–H groups in total. The van der Waals surface area contributed by atoms with Crippen LogP contribution in [0, 0.1) is 6.92 Å². The molecule has 0 saturated carbocycles. The zero-order valence-corrected chi connectivity index (χ0v) is 12.2. The van der Waals surface area contributed by atoms with Crippen LogP contribution in [0.15, 0.2) is 28.9 Å². The van der Waals surface area contributed by atoms with Crippen molar-refractivity contribution >= 4 is 15.9 Å². The van der Waals surface area contributed by atoms with Crippen molar-refractivity contribution in [3.8, 4) is 5.69 Å². The molecule has 0 aliphatic rings. The summed E-state index contributed by atoms with van der Waals surface area (Å²) in [6.45, 7) is 6.01. The standard InChI is InChI=1S/C13H17BrN4/c1-3-7-15-8-11-9-16-17-18(11)13-6-4-5-12(14)10(13)2/h4-6,9,15H,3,7-8H2,1-2H3. The minimum atomic E-state index is 0.785. The Morgan fingerprint density at radius 1 is 1.39 bits per heavy atom. The van der Waals surface area contributed by atoms with Gasteiger partial charge in [0.1, 0.15) is 0 Å². The molecule has 2 rings (SSSR count). The van der Waals surface area contributed by atoms with Gasteiger partial charge in [0.05, 0.1) is 17.6 Å². The Morgan fingerprint density at radius 2 is 2.22 bits per heavy atom. The van der Waals surface area contributed by atoms with Crippen molar-refractivity contribution in [2.24, 2.45) is 0 Å². The molecule has 4 nitrogen and oxygen atoms in total. The average Bonchev–Trinajstić information content (AvgIpc) is 2.81. The minimum Gasteiger partial charge on any atom is -0.311 e. The van der Waals surface area contributed by atoms with E-state index in [1.807, 2.05) is 23.0 Å². The van der Waals surface area contributed by atoms with Gasteiger partial charge in [-0.1, -0.05) is 34.1 Å². The van der Waals surface area contributed by atoms with Gasteiger partial charge in [0, 0.05) is 11.0 Å². The van der Waals surface area contributed by atoms with E-state index < -0.39 is 0 Å². The lowest BCUT2D eigenvalue weighted by atomic mass is 10.2. The summed E-state index contributed by atoms with van der Waals surface area (Å²) in [6.07, 6.45) is 2.93. The molecular formula is C13H17BrN4. The average molecular weight is 309 g/mol. The van der Waals surface area contributed by atoms with Crippen LogP contribution in [0.25, 0.3) is 5.69 Å². The topological polar surface area (TPSA) is 42.7 Å². The van der Waals surface area contributed by atoms with Gasteiger partial charge in [0.15, 0.2) is 0 Å². The van der Waals surface area contributed by atoms with E-state index in [4.69, 9.17) is 0 Å². The lowest BCUT2D eigenvalue weighted by Gasteiger charge is -2.10. The first-order valence-corrected chi connectivity index (χ1v) is 6.89. The molecule has 0 amide bonds. The van der Waals surface area contributed by atoms with Crippen LogP contribution in [0.3, 0.4) is 0 Å². The van der Waals surface area contributed by atoms with Crippen molar-refractivity contribution in [2.75, 3.05) is 6.54 Å². The first kappa shape index (κ1) is 13.2. The monoisotopic (exact) mass is 308 g/mol. The fourth-order valence-corrected chi connectivity index (χ4v) is 2.15. The zero-order chi connectivity index (χ0) is 13.0. The van der Waals surface area contributed by atoms with Gasteiger partial charge >= 0.3 is 0 Å². The second-order valence-corrected chi connectivity index (χ2v) is 5.05. The van der Waals surface area contributed by atoms with Crippen LogP contribution in [0.4, 0.5) is 0 Å². The Hall–Kier alpha value is -1.20. The number of halogens is 1. The van der Waals surface area contributed by atoms with Gasteiger partial charge in [0.2, 0.25) is 0 Å². The summed E-state index contributed by atoms with van der Waals surface area (Å²) in [5.74, 6) is 0. The summed E-state index contributed by atoms with van der Waals surface area (Å²) in [6, 6.07) is 6.10. The van der Waals surface area contributed by atoms with E-state index in [1.165, 1.54) is 5.56 Å². The van der Waals surface area contributed by atoms with Crippen LogP contribution >= 0.6 is 15.9 Å². The fourth-order valence-electron chi connectivity index (χ4n) is 1.80. The molecule has 0 bridgehead atoms. The number of hydrogen-bond acceptors (Lipinski definition) is 3. The maximum atomic E-state index is 4.17. The quantitative estimate of drug-likeness (QED) is 0.864. The first-order valence-electron chi connectivity index (χ1n) is 6.09. The van der Waals surface area contributed by atoms with E-state index in [-0.39, 0.29) is 0 Å². The van der Waals surface area contributed by atoms with E-state index in [0.29, 0.717) is 0 Å². The molecular weight excluding hydrogens is 292 g/mol. The van der Waals surface area contributed by atoms with Crippen LogP contribution < -0.4 is 5.32 Å². The highest BCUT2D eigenvalue weighted by atomic mass is 79.9. The van der Waals surface area contributed by atoms with Gasteiger partial charge in [-0.15, -0.1) is 5.10 Å². The molecule has 0 aliphatic carbocycles. The van der Waals surface area contributed by atoms with E-state index >= 15 is 0 Å². The molecule has 1 aromatic heterocycles. The third kappa shape index (κ3) is 2.79. The predicted molar refractivity (Wildman–Crippen MR) is 75.8 cm³/mol. The zero-order valence-electron chi connectivity index (χ0n) is 10.7. The van der Waals surface area contributed by atoms with Crippen LogP contribution in [-0.2, 0) is 6.54 Å². The van der Waals surface area contributed by atoms with Crippen LogP contribution in [-0.4, -0.2) is 21.5 Å². The maximum Gasteiger partial charge on any atom is 0.0783 e. The van der Waals surface area contributed by atoms with Crippen LogP contribution in [0.2, 0.25) is 0 Å². The lowest BCUT2D eigenvalue weighted by Crippen LogP contribution is -2.17. The second-order valence-electron chi connectivity index (χ2n) is 4.20. The van der Waals surface area contributed by atoms with Crippen molar-refractivity contribution in [1.29, 1.82) is 0 Å². The number of nitrogens with zero attached hydrogens (tertiary/aromatic N) is 3. The molecule has 1 heterocycles. The molecule has 1 aromatic carbocycles. The Labute approximate surface area is 116 Å². The molecule has 18 heavy (non-hydrogen) atoms. The number of benzene rings is 1. The molecule has 0 atom stereocenters. The van der Waals surface area contributed by atoms with Crippen molar-refractivity contribution < 1.29 is 0 Å². The largest absolute Gasteiger partial charge is 0.311 e. The highest BCUT2D eigenvalue weighted by Gasteiger charge is 2.09. The SMILES string of the molecule is CCCNCc1cnnn1-c1cccc(Br)c1C. The molecule has 2 aromatic rings. The van der Waals surface area contributed by atoms with E-state index in [9.17, 15) is 0 Å². The summed E-state index contributed by atoms with van der Waals surface area (Å²) in [5.41, 5.74) is 3.31. The number of aromatic nitrogens is 3. The van der Waals surface area contributed by atoms with Crippen molar-refractivity contribution in [3.63, 3.8) is 0 Å². The van der Waals surface area contributed by atoms with Gasteiger partial charge in [-0.05, 0) is 37.6 Å². The molecule has 0 unspecified atom stereocenters. The highest BCUT2D eigenvalue weighted by Crippen LogP contribution is 2.22. The van der Waals surface area contributed by atoms with E-state index in [2.05, 4.69) is 51.5 Å². The maximum absolute atomic E-state index is 4.17. The van der Waals surface area contributed by atoms with Crippen LogP contribution in [0.1, 0.15) is 24.6 Å². The Bertz CT molecular complexity index is 521. The van der Waals surface area contributed by atoms with Crippen molar-refractivity contribution in [1.82, 2.24) is 20.3 Å². The Balaban J connectivity index is 2.28. The molecule has 0 spiro atoms. The summed E-state index contributed by atoms with van der Waals surface area (Å²) in [5, 5.41) is 11.5. The number of rotatable bonds is 5. The summed E-state index contributed by atoms with van der Waals surface area (Å²) < 4.78 is 2.98. The third-order valence-corrected chi connectivity index (χ3v) is 3.68. The highest BCUT2D eigenvalue weighted by molar-refractivity contribution is 9.10. The van der Waals surface area contributed by atoms with E-state index in [1.54, 1.807) is 0 Å². The lowest BCUT2D eigenvalue weighted by molar-refractivity contribution is 0.640. The van der Waals surface area contributed by atoms with Gasteiger partial charge in [-0.3, -0.25) is 0 Å². The molecule has 96 valence electrons. The van der Waals surface area contributed by atoms with Crippen LogP contribution in [0.5, 0.6) is 0 Å². The number of nitrogens with one attached hydrogen (secondary N) is 1. The van der Waals surface area contributed by atoms with Crippen molar-refractivity contribution in [3.05, 3.63) is 40.1 Å². The normalized spacial score (nSPS) is 10.8. The number of hydrogen-bond donors (Lipinski definition) is 1. The second kappa shape index (κ2) is 6.11. The molecule has 0 saturated heterocycles. The first-order chi connectivity index (χ1) is 8.74. The molecule has 0 fully saturated rings. The Morgan fingerprint density at radius 3 is 3.00 bits per heavy atom. The molecule has 0 radical (unpaired) electrons. The van der Waals surface area contributed by atoms with Gasteiger partial charge in [-0.25, -0.2) is 4.68 Å². The molecule has 0 aliphatic heterocycles. The molecule has 5 heteroatoms. The fraction of sp³-hybridized carbons (Fsp3) is 0.385. The minimum absolute atomic E-state index is 0.785. The van der Waals surface area contributed by atoms with E-state index in [0.717, 1.165) is 35.4 Å². The van der Waals surface area contributed by atoms with Gasteiger partial charge in [0.25, 0.3) is 0 Å². The third-order valence-electron chi connectivity index (χ3n) is 2.82. The Kier molecular flexibility index (Phi) is 4.49. The summed E-state index contributed by atoms with van der Waals surface area (Å²) in [7, 11) is 0. The summed E-state index contributed by atoms with van der Waals surface area (Å²) >= 11 is 3.54. The van der Waals surface area contributed by atoms with Gasteiger partial charge in [-0.2, -0.15) is 0 Å². The van der Waals surface area contributed by atoms with Gasteiger partial charge < -0.3 is 5.32 Å².